The molecule has 4 aromatic carbocycles. The molecule has 0 aliphatic rings. The fourth-order valence-corrected chi connectivity index (χ4v) is 4.27. The number of anilines is 3. The lowest BCUT2D eigenvalue weighted by molar-refractivity contribution is -0.107. The van der Waals surface area contributed by atoms with Crippen LogP contribution in [-0.2, 0) is 11.2 Å². The zero-order valence-electron chi connectivity index (χ0n) is 21.3. The number of fused-ring (bicyclic) bond motifs is 1. The summed E-state index contributed by atoms with van der Waals surface area (Å²) in [6, 6.07) is 23.8. The van der Waals surface area contributed by atoms with E-state index in [4.69, 9.17) is 11.6 Å². The molecule has 184 valence electrons. The smallest absolute Gasteiger partial charge is 0.124 e. The molecule has 0 spiro atoms. The standard InChI is InChI=1S/C29H26ClN3O.C2H6/c1-19-9-14-25(17-20(19)2)33(31-4)29-23(15-16-34)11-10-22-12-13-24(18-27(22)29)32-21(3)26-7-5-6-8-28(26)30;1-2/h5-14,16-18,32H,3-4,15H2,1-2H3;1-2H3. The van der Waals surface area contributed by atoms with Gasteiger partial charge in [0.25, 0.3) is 0 Å². The zero-order chi connectivity index (χ0) is 26.2. The molecule has 4 rings (SSSR count). The maximum Gasteiger partial charge on any atom is 0.124 e. The third-order valence-electron chi connectivity index (χ3n) is 5.96. The maximum absolute atomic E-state index is 11.5. The van der Waals surface area contributed by atoms with Crippen LogP contribution in [-0.4, -0.2) is 13.0 Å². The quantitative estimate of drug-likeness (QED) is 0.150. The predicted molar refractivity (Wildman–Crippen MR) is 157 cm³/mol. The molecule has 0 unspecified atom stereocenters. The Kier molecular flexibility index (Phi) is 9.04. The summed E-state index contributed by atoms with van der Waals surface area (Å²) in [7, 11) is 0. The lowest BCUT2D eigenvalue weighted by Crippen LogP contribution is -2.12. The van der Waals surface area contributed by atoms with Gasteiger partial charge in [-0.2, -0.15) is 5.10 Å². The lowest BCUT2D eigenvalue weighted by Gasteiger charge is -2.24. The second kappa shape index (κ2) is 12.2. The normalized spacial score (nSPS) is 10.2. The number of carbonyl (C=O) groups is 1. The summed E-state index contributed by atoms with van der Waals surface area (Å²) in [5, 5.41) is 12.1. The highest BCUT2D eigenvalue weighted by molar-refractivity contribution is 6.32. The average molecular weight is 498 g/mol. The van der Waals surface area contributed by atoms with E-state index in [-0.39, 0.29) is 6.42 Å². The molecular formula is C31H32ClN3O. The van der Waals surface area contributed by atoms with E-state index in [1.807, 2.05) is 74.5 Å². The molecule has 0 fully saturated rings. The van der Waals surface area contributed by atoms with Crippen LogP contribution in [0.5, 0.6) is 0 Å². The van der Waals surface area contributed by atoms with E-state index in [2.05, 4.69) is 49.7 Å². The minimum Gasteiger partial charge on any atom is -0.355 e. The number of rotatable bonds is 8. The maximum atomic E-state index is 11.5. The van der Waals surface area contributed by atoms with Crippen molar-refractivity contribution in [1.82, 2.24) is 0 Å². The van der Waals surface area contributed by atoms with Crippen LogP contribution in [0.15, 0.2) is 84.5 Å². The Balaban J connectivity index is 0.00000176. The Morgan fingerprint density at radius 2 is 1.72 bits per heavy atom. The second-order valence-electron chi connectivity index (χ2n) is 8.19. The van der Waals surface area contributed by atoms with Gasteiger partial charge in [0.2, 0.25) is 0 Å². The summed E-state index contributed by atoms with van der Waals surface area (Å²) < 4.78 is 0. The highest BCUT2D eigenvalue weighted by Gasteiger charge is 2.17. The largest absolute Gasteiger partial charge is 0.355 e. The number of halogens is 1. The Morgan fingerprint density at radius 3 is 2.39 bits per heavy atom. The van der Waals surface area contributed by atoms with Gasteiger partial charge in [0, 0.05) is 40.5 Å². The minimum absolute atomic E-state index is 0.270. The molecule has 0 bridgehead atoms. The number of nitrogens with zero attached hydrogens (tertiary/aromatic N) is 2. The molecule has 36 heavy (non-hydrogen) atoms. The summed E-state index contributed by atoms with van der Waals surface area (Å²) in [6.45, 7) is 16.1. The summed E-state index contributed by atoms with van der Waals surface area (Å²) in [5.41, 5.74) is 7.32. The van der Waals surface area contributed by atoms with E-state index in [9.17, 15) is 4.79 Å². The first kappa shape index (κ1) is 26.7. The molecule has 0 radical (unpaired) electrons. The molecule has 0 amide bonds. The van der Waals surface area contributed by atoms with Gasteiger partial charge in [-0.25, -0.2) is 5.01 Å². The van der Waals surface area contributed by atoms with Crippen LogP contribution in [0.4, 0.5) is 17.1 Å². The van der Waals surface area contributed by atoms with Gasteiger partial charge in [0.1, 0.15) is 6.29 Å². The monoisotopic (exact) mass is 497 g/mol. The number of hydrogen-bond acceptors (Lipinski definition) is 4. The van der Waals surface area contributed by atoms with E-state index in [0.717, 1.165) is 50.8 Å². The number of hydrazone groups is 1. The number of aryl methyl sites for hydroxylation is 2. The molecule has 0 aliphatic carbocycles. The van der Waals surface area contributed by atoms with E-state index < -0.39 is 0 Å². The van der Waals surface area contributed by atoms with Gasteiger partial charge < -0.3 is 10.1 Å². The first-order valence-corrected chi connectivity index (χ1v) is 12.3. The minimum atomic E-state index is 0.270. The molecule has 5 heteroatoms. The van der Waals surface area contributed by atoms with Crippen LogP contribution >= 0.6 is 11.6 Å². The number of aldehydes is 1. The Morgan fingerprint density at radius 1 is 1.00 bits per heavy atom. The van der Waals surface area contributed by atoms with Crippen LogP contribution in [0.3, 0.4) is 0 Å². The number of benzene rings is 4. The SMILES string of the molecule is C=NN(c1ccc(C)c(C)c1)c1c(CC=O)ccc2ccc(NC(=C)c3ccccc3Cl)cc12.CC. The second-order valence-corrected chi connectivity index (χ2v) is 8.59. The molecule has 0 saturated heterocycles. The zero-order valence-corrected chi connectivity index (χ0v) is 22.1. The molecule has 1 N–H and O–H groups in total. The Labute approximate surface area is 218 Å². The highest BCUT2D eigenvalue weighted by atomic mass is 35.5. The Hall–Kier alpha value is -3.89. The van der Waals surface area contributed by atoms with Gasteiger partial charge in [-0.3, -0.25) is 0 Å². The molecule has 0 aromatic heterocycles. The van der Waals surface area contributed by atoms with Gasteiger partial charge >= 0.3 is 0 Å². The summed E-state index contributed by atoms with van der Waals surface area (Å²) in [4.78, 5) is 11.5. The van der Waals surface area contributed by atoms with Gasteiger partial charge in [-0.1, -0.05) is 74.5 Å². The molecule has 4 aromatic rings. The van der Waals surface area contributed by atoms with Crippen molar-refractivity contribution >= 4 is 58.1 Å². The lowest BCUT2D eigenvalue weighted by atomic mass is 10.00. The fourth-order valence-electron chi connectivity index (χ4n) is 4.02. The molecule has 0 aliphatic heterocycles. The van der Waals surface area contributed by atoms with Gasteiger partial charge in [-0.15, -0.1) is 0 Å². The fraction of sp³-hybridized carbons (Fsp3) is 0.161. The summed E-state index contributed by atoms with van der Waals surface area (Å²) in [5.74, 6) is 0. The first-order valence-electron chi connectivity index (χ1n) is 12.0. The van der Waals surface area contributed by atoms with Gasteiger partial charge in [-0.05, 0) is 66.3 Å². The van der Waals surface area contributed by atoms with Gasteiger partial charge in [0.15, 0.2) is 0 Å². The van der Waals surface area contributed by atoms with E-state index in [0.29, 0.717) is 10.7 Å². The van der Waals surface area contributed by atoms with Crippen molar-refractivity contribution in [3.05, 3.63) is 107 Å². The topological polar surface area (TPSA) is 44.7 Å². The van der Waals surface area contributed by atoms with E-state index in [1.165, 1.54) is 5.56 Å². The van der Waals surface area contributed by atoms with Crippen LogP contribution in [0.2, 0.25) is 5.02 Å². The van der Waals surface area contributed by atoms with Gasteiger partial charge in [0.05, 0.1) is 11.4 Å². The third kappa shape index (κ3) is 5.67. The van der Waals surface area contributed by atoms with Crippen molar-refractivity contribution in [1.29, 1.82) is 0 Å². The molecule has 4 nitrogen and oxygen atoms in total. The molecular weight excluding hydrogens is 466 g/mol. The third-order valence-corrected chi connectivity index (χ3v) is 6.29. The van der Waals surface area contributed by atoms with Crippen LogP contribution in [0.25, 0.3) is 16.5 Å². The van der Waals surface area contributed by atoms with Crippen LogP contribution in [0.1, 0.15) is 36.1 Å². The summed E-state index contributed by atoms with van der Waals surface area (Å²) >= 11 is 6.35. The van der Waals surface area contributed by atoms with E-state index >= 15 is 0 Å². The number of nitrogens with one attached hydrogen (secondary N) is 1. The first-order chi connectivity index (χ1) is 17.4. The van der Waals surface area contributed by atoms with Crippen LogP contribution in [0, 0.1) is 13.8 Å². The highest BCUT2D eigenvalue weighted by Crippen LogP contribution is 2.38. The van der Waals surface area contributed by atoms with Crippen molar-refractivity contribution in [3.8, 4) is 0 Å². The molecule has 0 atom stereocenters. The van der Waals surface area contributed by atoms with Crippen molar-refractivity contribution in [2.45, 2.75) is 34.1 Å². The predicted octanol–water partition coefficient (Wildman–Crippen LogP) is 8.71. The average Bonchev–Trinajstić information content (AvgIpc) is 2.89. The van der Waals surface area contributed by atoms with E-state index in [1.54, 1.807) is 5.01 Å². The van der Waals surface area contributed by atoms with Crippen molar-refractivity contribution < 1.29 is 4.79 Å². The molecule has 0 heterocycles. The van der Waals surface area contributed by atoms with Crippen molar-refractivity contribution in [3.63, 3.8) is 0 Å². The number of carbonyl (C=O) groups excluding carboxylic acids is 1. The van der Waals surface area contributed by atoms with Crippen molar-refractivity contribution in [2.75, 3.05) is 10.3 Å². The van der Waals surface area contributed by atoms with Crippen molar-refractivity contribution in [2.24, 2.45) is 5.10 Å². The van der Waals surface area contributed by atoms with Crippen LogP contribution < -0.4 is 10.3 Å². The Bertz CT molecular complexity index is 1410. The summed E-state index contributed by atoms with van der Waals surface area (Å²) in [6.07, 6.45) is 1.18. The number of hydrogen-bond donors (Lipinski definition) is 1. The molecule has 0 saturated carbocycles.